The molecule has 0 aliphatic heterocycles. The van der Waals surface area contributed by atoms with Crippen LogP contribution in [0.2, 0.25) is 0 Å². The molecule has 0 saturated heterocycles. The SMILES string of the molecule is CCOC(=O)c1c(-c2ccco2)csc1NC(=O)COC(=O)c1ccc(F)cc1N. The van der Waals surface area contributed by atoms with Gasteiger partial charge in [0.15, 0.2) is 6.61 Å². The quantitative estimate of drug-likeness (QED) is 0.431. The number of anilines is 2. The largest absolute Gasteiger partial charge is 0.464 e. The van der Waals surface area contributed by atoms with Gasteiger partial charge in [-0.3, -0.25) is 4.79 Å². The van der Waals surface area contributed by atoms with Crippen LogP contribution in [0.5, 0.6) is 0 Å². The van der Waals surface area contributed by atoms with E-state index < -0.39 is 30.3 Å². The lowest BCUT2D eigenvalue weighted by Gasteiger charge is -2.09. The topological polar surface area (TPSA) is 121 Å². The molecule has 0 fully saturated rings. The van der Waals surface area contributed by atoms with E-state index in [0.717, 1.165) is 23.5 Å². The Labute approximate surface area is 174 Å². The highest BCUT2D eigenvalue weighted by Crippen LogP contribution is 2.36. The number of rotatable bonds is 7. The van der Waals surface area contributed by atoms with Gasteiger partial charge in [-0.15, -0.1) is 11.3 Å². The summed E-state index contributed by atoms with van der Waals surface area (Å²) >= 11 is 1.10. The van der Waals surface area contributed by atoms with Crippen LogP contribution in [-0.4, -0.2) is 31.1 Å². The predicted octanol–water partition coefficient (Wildman–Crippen LogP) is 3.70. The molecule has 0 unspecified atom stereocenters. The van der Waals surface area contributed by atoms with Gasteiger partial charge in [0.25, 0.3) is 5.91 Å². The molecule has 8 nitrogen and oxygen atoms in total. The number of halogens is 1. The molecule has 156 valence electrons. The zero-order valence-corrected chi connectivity index (χ0v) is 16.6. The van der Waals surface area contributed by atoms with E-state index in [1.54, 1.807) is 24.4 Å². The number of hydrogen-bond acceptors (Lipinski definition) is 8. The van der Waals surface area contributed by atoms with Crippen LogP contribution in [0.25, 0.3) is 11.3 Å². The number of amides is 1. The minimum absolute atomic E-state index is 0.0624. The van der Waals surface area contributed by atoms with Gasteiger partial charge in [-0.2, -0.15) is 0 Å². The van der Waals surface area contributed by atoms with Crippen molar-refractivity contribution >= 4 is 39.9 Å². The molecule has 30 heavy (non-hydrogen) atoms. The van der Waals surface area contributed by atoms with Gasteiger partial charge in [0.2, 0.25) is 0 Å². The molecule has 0 atom stereocenters. The number of furan rings is 1. The molecule has 10 heteroatoms. The van der Waals surface area contributed by atoms with Gasteiger partial charge < -0.3 is 24.9 Å². The zero-order chi connectivity index (χ0) is 21.7. The molecule has 2 aromatic heterocycles. The van der Waals surface area contributed by atoms with Gasteiger partial charge in [-0.1, -0.05) is 0 Å². The van der Waals surface area contributed by atoms with Crippen LogP contribution in [0.4, 0.5) is 15.1 Å². The number of ether oxygens (including phenoxy) is 2. The van der Waals surface area contributed by atoms with E-state index in [-0.39, 0.29) is 28.4 Å². The Balaban J connectivity index is 1.72. The molecule has 3 rings (SSSR count). The summed E-state index contributed by atoms with van der Waals surface area (Å²) < 4.78 is 28.4. The van der Waals surface area contributed by atoms with Gasteiger partial charge in [0.1, 0.15) is 22.1 Å². The van der Waals surface area contributed by atoms with Crippen LogP contribution in [0.1, 0.15) is 27.6 Å². The maximum absolute atomic E-state index is 13.1. The average Bonchev–Trinajstić information content (AvgIpc) is 3.36. The second kappa shape index (κ2) is 9.23. The van der Waals surface area contributed by atoms with Crippen molar-refractivity contribution in [2.24, 2.45) is 0 Å². The Morgan fingerprint density at radius 2 is 2.00 bits per heavy atom. The highest BCUT2D eigenvalue weighted by Gasteiger charge is 2.24. The summed E-state index contributed by atoms with van der Waals surface area (Å²) in [6, 6.07) is 6.54. The molecule has 0 spiro atoms. The Hall–Kier alpha value is -3.66. The Morgan fingerprint density at radius 1 is 1.20 bits per heavy atom. The summed E-state index contributed by atoms with van der Waals surface area (Å²) in [6.07, 6.45) is 1.46. The van der Waals surface area contributed by atoms with Crippen LogP contribution >= 0.6 is 11.3 Å². The van der Waals surface area contributed by atoms with Gasteiger partial charge in [-0.05, 0) is 37.3 Å². The first-order valence-corrected chi connectivity index (χ1v) is 9.63. The Morgan fingerprint density at radius 3 is 2.67 bits per heavy atom. The minimum Gasteiger partial charge on any atom is -0.464 e. The average molecular weight is 432 g/mol. The van der Waals surface area contributed by atoms with E-state index in [4.69, 9.17) is 19.6 Å². The first-order chi connectivity index (χ1) is 14.4. The molecule has 3 N–H and O–H groups in total. The van der Waals surface area contributed by atoms with E-state index in [2.05, 4.69) is 5.32 Å². The first kappa shape index (κ1) is 21.1. The van der Waals surface area contributed by atoms with Crippen molar-refractivity contribution < 1.29 is 32.7 Å². The predicted molar refractivity (Wildman–Crippen MR) is 108 cm³/mol. The molecule has 1 aromatic carbocycles. The van der Waals surface area contributed by atoms with Crippen molar-refractivity contribution in [1.82, 2.24) is 0 Å². The Bertz CT molecular complexity index is 1080. The Kier molecular flexibility index (Phi) is 6.48. The standard InChI is InChI=1S/C20H17FN2O6S/c1-2-27-20(26)17-13(15-4-3-7-28-15)10-30-18(17)23-16(24)9-29-19(25)12-6-5-11(21)8-14(12)22/h3-8,10H,2,9,22H2,1H3,(H,23,24). The lowest BCUT2D eigenvalue weighted by atomic mass is 10.1. The monoisotopic (exact) mass is 432 g/mol. The lowest BCUT2D eigenvalue weighted by molar-refractivity contribution is -0.119. The number of thiophene rings is 1. The molecular formula is C20H17FN2O6S. The molecule has 3 aromatic rings. The molecule has 0 aliphatic rings. The maximum atomic E-state index is 13.1. The van der Waals surface area contributed by atoms with Crippen LogP contribution in [-0.2, 0) is 14.3 Å². The molecule has 0 aliphatic carbocycles. The molecule has 0 saturated carbocycles. The third-order valence-electron chi connectivity index (χ3n) is 3.88. The van der Waals surface area contributed by atoms with E-state index in [1.165, 1.54) is 12.3 Å². The number of nitrogens with two attached hydrogens (primary N) is 1. The smallest absolute Gasteiger partial charge is 0.341 e. The van der Waals surface area contributed by atoms with Crippen LogP contribution < -0.4 is 11.1 Å². The molecule has 1 amide bonds. The number of nitrogen functional groups attached to an aromatic ring is 1. The van der Waals surface area contributed by atoms with E-state index in [9.17, 15) is 18.8 Å². The number of esters is 2. The summed E-state index contributed by atoms with van der Waals surface area (Å²) in [5.74, 6) is -2.35. The number of hydrogen-bond donors (Lipinski definition) is 2. The van der Waals surface area contributed by atoms with Gasteiger partial charge in [-0.25, -0.2) is 14.0 Å². The molecule has 0 bridgehead atoms. The van der Waals surface area contributed by atoms with Gasteiger partial charge in [0.05, 0.1) is 18.4 Å². The summed E-state index contributed by atoms with van der Waals surface area (Å²) in [5, 5.41) is 4.40. The molecular weight excluding hydrogens is 415 g/mol. The lowest BCUT2D eigenvalue weighted by Crippen LogP contribution is -2.22. The van der Waals surface area contributed by atoms with Crippen LogP contribution in [0.15, 0.2) is 46.4 Å². The van der Waals surface area contributed by atoms with E-state index in [1.807, 2.05) is 0 Å². The van der Waals surface area contributed by atoms with E-state index in [0.29, 0.717) is 11.3 Å². The molecule has 0 radical (unpaired) electrons. The van der Waals surface area contributed by atoms with Crippen molar-refractivity contribution in [2.75, 3.05) is 24.3 Å². The first-order valence-electron chi connectivity index (χ1n) is 8.75. The number of nitrogens with one attached hydrogen (secondary N) is 1. The second-order valence-electron chi connectivity index (χ2n) is 5.91. The summed E-state index contributed by atoms with van der Waals surface area (Å²) in [5.41, 5.74) is 6.02. The fraction of sp³-hybridized carbons (Fsp3) is 0.150. The van der Waals surface area contributed by atoms with E-state index >= 15 is 0 Å². The minimum atomic E-state index is -0.879. The highest BCUT2D eigenvalue weighted by atomic mass is 32.1. The van der Waals surface area contributed by atoms with Crippen molar-refractivity contribution in [3.05, 3.63) is 58.9 Å². The third kappa shape index (κ3) is 4.66. The number of carbonyl (C=O) groups is 3. The van der Waals surface area contributed by atoms with Gasteiger partial charge in [0, 0.05) is 16.6 Å². The van der Waals surface area contributed by atoms with Crippen molar-refractivity contribution in [1.29, 1.82) is 0 Å². The van der Waals surface area contributed by atoms with Crippen LogP contribution in [0, 0.1) is 5.82 Å². The number of carbonyl (C=O) groups excluding carboxylic acids is 3. The zero-order valence-electron chi connectivity index (χ0n) is 15.8. The molecule has 2 heterocycles. The van der Waals surface area contributed by atoms with Crippen molar-refractivity contribution in [3.8, 4) is 11.3 Å². The van der Waals surface area contributed by atoms with Crippen molar-refractivity contribution in [2.45, 2.75) is 6.92 Å². The summed E-state index contributed by atoms with van der Waals surface area (Å²) in [4.78, 5) is 36.7. The fourth-order valence-electron chi connectivity index (χ4n) is 2.56. The summed E-state index contributed by atoms with van der Waals surface area (Å²) in [7, 11) is 0. The second-order valence-corrected chi connectivity index (χ2v) is 6.79. The maximum Gasteiger partial charge on any atom is 0.341 e. The van der Waals surface area contributed by atoms with Gasteiger partial charge >= 0.3 is 11.9 Å². The highest BCUT2D eigenvalue weighted by molar-refractivity contribution is 7.15. The van der Waals surface area contributed by atoms with Crippen LogP contribution in [0.3, 0.4) is 0 Å². The number of benzene rings is 1. The summed E-state index contributed by atoms with van der Waals surface area (Å²) in [6.45, 7) is 1.18. The normalized spacial score (nSPS) is 10.5. The third-order valence-corrected chi connectivity index (χ3v) is 4.77. The van der Waals surface area contributed by atoms with Crippen molar-refractivity contribution in [3.63, 3.8) is 0 Å². The fourth-order valence-corrected chi connectivity index (χ4v) is 3.51.